The van der Waals surface area contributed by atoms with Crippen LogP contribution in [0.5, 0.6) is 0 Å². The van der Waals surface area contributed by atoms with Gasteiger partial charge in [-0.1, -0.05) is 6.07 Å². The van der Waals surface area contributed by atoms with Crippen LogP contribution < -0.4 is 5.32 Å². The van der Waals surface area contributed by atoms with E-state index in [9.17, 15) is 0 Å². The SMILES string of the molecule is CNCc1cccnc1Cn1cnc(C)c1C. The monoisotopic (exact) mass is 230 g/mol. The number of hydrogen-bond acceptors (Lipinski definition) is 3. The average molecular weight is 230 g/mol. The van der Waals surface area contributed by atoms with Gasteiger partial charge in [-0.05, 0) is 32.5 Å². The van der Waals surface area contributed by atoms with Crippen LogP contribution in [0, 0.1) is 13.8 Å². The fourth-order valence-corrected chi connectivity index (χ4v) is 1.83. The average Bonchev–Trinajstić information content (AvgIpc) is 2.64. The maximum atomic E-state index is 4.45. The van der Waals surface area contributed by atoms with Crippen molar-refractivity contribution in [2.24, 2.45) is 0 Å². The van der Waals surface area contributed by atoms with E-state index in [1.165, 1.54) is 11.3 Å². The molecule has 90 valence electrons. The summed E-state index contributed by atoms with van der Waals surface area (Å²) in [4.78, 5) is 8.76. The Morgan fingerprint density at radius 1 is 1.29 bits per heavy atom. The van der Waals surface area contributed by atoms with E-state index < -0.39 is 0 Å². The molecule has 2 heterocycles. The van der Waals surface area contributed by atoms with Crippen LogP contribution in [0.4, 0.5) is 0 Å². The highest BCUT2D eigenvalue weighted by Crippen LogP contribution is 2.11. The Bertz CT molecular complexity index is 502. The molecule has 0 unspecified atom stereocenters. The van der Waals surface area contributed by atoms with E-state index in [-0.39, 0.29) is 0 Å². The van der Waals surface area contributed by atoms with Gasteiger partial charge in [0.2, 0.25) is 0 Å². The molecule has 1 N–H and O–H groups in total. The third kappa shape index (κ3) is 2.53. The lowest BCUT2D eigenvalue weighted by Crippen LogP contribution is -2.11. The van der Waals surface area contributed by atoms with Gasteiger partial charge in [0.1, 0.15) is 0 Å². The molecule has 2 rings (SSSR count). The van der Waals surface area contributed by atoms with Crippen LogP contribution in [0.15, 0.2) is 24.7 Å². The largest absolute Gasteiger partial charge is 0.329 e. The Labute approximate surface area is 102 Å². The van der Waals surface area contributed by atoms with Crippen molar-refractivity contribution in [3.63, 3.8) is 0 Å². The number of nitrogens with one attached hydrogen (secondary N) is 1. The normalized spacial score (nSPS) is 10.8. The van der Waals surface area contributed by atoms with Crippen LogP contribution in [0.25, 0.3) is 0 Å². The first-order valence-electron chi connectivity index (χ1n) is 5.78. The van der Waals surface area contributed by atoms with Gasteiger partial charge in [0.05, 0.1) is 24.3 Å². The third-order valence-electron chi connectivity index (χ3n) is 3.02. The lowest BCUT2D eigenvalue weighted by molar-refractivity contribution is 0.719. The predicted octanol–water partition coefficient (Wildman–Crippen LogP) is 1.66. The lowest BCUT2D eigenvalue weighted by Gasteiger charge is -2.10. The number of rotatable bonds is 4. The van der Waals surface area contributed by atoms with Crippen LogP contribution in [0.1, 0.15) is 22.6 Å². The fourth-order valence-electron chi connectivity index (χ4n) is 1.83. The van der Waals surface area contributed by atoms with E-state index in [1.54, 1.807) is 0 Å². The van der Waals surface area contributed by atoms with Crippen LogP contribution in [-0.4, -0.2) is 21.6 Å². The molecule has 0 aliphatic rings. The molecule has 0 radical (unpaired) electrons. The summed E-state index contributed by atoms with van der Waals surface area (Å²) in [5, 5.41) is 3.17. The number of aryl methyl sites for hydroxylation is 1. The molecule has 0 saturated carbocycles. The standard InChI is InChI=1S/C13H18N4/c1-10-11(2)17(9-16-10)8-13-12(7-14-3)5-4-6-15-13/h4-6,9,14H,7-8H2,1-3H3. The summed E-state index contributed by atoms with van der Waals surface area (Å²) in [7, 11) is 1.95. The van der Waals surface area contributed by atoms with Gasteiger partial charge in [-0.15, -0.1) is 0 Å². The summed E-state index contributed by atoms with van der Waals surface area (Å²) in [6, 6.07) is 4.08. The molecule has 0 fully saturated rings. The van der Waals surface area contributed by atoms with Gasteiger partial charge in [-0.25, -0.2) is 4.98 Å². The molecular formula is C13H18N4. The number of imidazole rings is 1. The first-order valence-corrected chi connectivity index (χ1v) is 5.78. The zero-order valence-corrected chi connectivity index (χ0v) is 10.6. The van der Waals surface area contributed by atoms with Crippen molar-refractivity contribution >= 4 is 0 Å². The summed E-state index contributed by atoms with van der Waals surface area (Å²) in [6.07, 6.45) is 3.72. The Morgan fingerprint density at radius 3 is 2.76 bits per heavy atom. The highest BCUT2D eigenvalue weighted by Gasteiger charge is 2.06. The predicted molar refractivity (Wildman–Crippen MR) is 67.8 cm³/mol. The van der Waals surface area contributed by atoms with Gasteiger partial charge in [0.15, 0.2) is 0 Å². The molecule has 17 heavy (non-hydrogen) atoms. The molecule has 0 amide bonds. The molecule has 0 aliphatic carbocycles. The van der Waals surface area contributed by atoms with Crippen molar-refractivity contribution in [1.82, 2.24) is 19.9 Å². The zero-order chi connectivity index (χ0) is 12.3. The summed E-state index contributed by atoms with van der Waals surface area (Å²) in [6.45, 7) is 5.74. The van der Waals surface area contributed by atoms with Crippen molar-refractivity contribution in [3.8, 4) is 0 Å². The van der Waals surface area contributed by atoms with Gasteiger partial charge in [-0.2, -0.15) is 0 Å². The summed E-state index contributed by atoms with van der Waals surface area (Å²) >= 11 is 0. The summed E-state index contributed by atoms with van der Waals surface area (Å²) in [5.41, 5.74) is 4.62. The highest BCUT2D eigenvalue weighted by atomic mass is 15.1. The molecule has 4 nitrogen and oxygen atoms in total. The number of pyridine rings is 1. The number of nitrogens with zero attached hydrogens (tertiary/aromatic N) is 3. The Kier molecular flexibility index (Phi) is 3.54. The Morgan fingerprint density at radius 2 is 2.12 bits per heavy atom. The van der Waals surface area contributed by atoms with Gasteiger partial charge in [-0.3, -0.25) is 4.98 Å². The lowest BCUT2D eigenvalue weighted by atomic mass is 10.2. The van der Waals surface area contributed by atoms with Crippen molar-refractivity contribution in [1.29, 1.82) is 0 Å². The first-order chi connectivity index (χ1) is 8.22. The van der Waals surface area contributed by atoms with Crippen LogP contribution in [0.2, 0.25) is 0 Å². The van der Waals surface area contributed by atoms with Crippen molar-refractivity contribution in [2.45, 2.75) is 26.9 Å². The van der Waals surface area contributed by atoms with E-state index >= 15 is 0 Å². The second-order valence-electron chi connectivity index (χ2n) is 4.18. The second kappa shape index (κ2) is 5.10. The molecule has 0 bridgehead atoms. The quantitative estimate of drug-likeness (QED) is 0.868. The van der Waals surface area contributed by atoms with Crippen LogP contribution in [-0.2, 0) is 13.1 Å². The summed E-state index contributed by atoms with van der Waals surface area (Å²) in [5.74, 6) is 0. The highest BCUT2D eigenvalue weighted by molar-refractivity contribution is 5.21. The molecule has 0 spiro atoms. The van der Waals surface area contributed by atoms with Gasteiger partial charge < -0.3 is 9.88 Å². The number of aromatic nitrogens is 3. The van der Waals surface area contributed by atoms with E-state index in [0.717, 1.165) is 24.5 Å². The first kappa shape index (κ1) is 11.8. The molecule has 0 saturated heterocycles. The van der Waals surface area contributed by atoms with Gasteiger partial charge in [0, 0.05) is 18.4 Å². The van der Waals surface area contributed by atoms with Crippen molar-refractivity contribution < 1.29 is 0 Å². The number of hydrogen-bond donors (Lipinski definition) is 1. The zero-order valence-electron chi connectivity index (χ0n) is 10.6. The van der Waals surface area contributed by atoms with Crippen molar-refractivity contribution in [2.75, 3.05) is 7.05 Å². The minimum atomic E-state index is 0.782. The maximum absolute atomic E-state index is 4.45. The molecule has 0 aromatic carbocycles. The Balaban J connectivity index is 2.26. The maximum Gasteiger partial charge on any atom is 0.0955 e. The molecule has 0 atom stereocenters. The molecule has 0 aliphatic heterocycles. The third-order valence-corrected chi connectivity index (χ3v) is 3.02. The smallest absolute Gasteiger partial charge is 0.0955 e. The minimum Gasteiger partial charge on any atom is -0.329 e. The second-order valence-corrected chi connectivity index (χ2v) is 4.18. The van der Waals surface area contributed by atoms with E-state index in [1.807, 2.05) is 32.6 Å². The minimum absolute atomic E-state index is 0.782. The molecule has 2 aromatic rings. The fraction of sp³-hybridized carbons (Fsp3) is 0.385. The Hall–Kier alpha value is -1.68. The molecule has 2 aromatic heterocycles. The van der Waals surface area contributed by atoms with Crippen LogP contribution in [0.3, 0.4) is 0 Å². The van der Waals surface area contributed by atoms with Crippen LogP contribution >= 0.6 is 0 Å². The van der Waals surface area contributed by atoms with Crippen molar-refractivity contribution in [3.05, 3.63) is 47.3 Å². The van der Waals surface area contributed by atoms with Gasteiger partial charge in [0.25, 0.3) is 0 Å². The van der Waals surface area contributed by atoms with E-state index in [0.29, 0.717) is 0 Å². The molecule has 4 heteroatoms. The van der Waals surface area contributed by atoms with E-state index in [2.05, 4.69) is 32.8 Å². The molecular weight excluding hydrogens is 212 g/mol. The summed E-state index contributed by atoms with van der Waals surface area (Å²) < 4.78 is 2.14. The van der Waals surface area contributed by atoms with E-state index in [4.69, 9.17) is 0 Å². The topological polar surface area (TPSA) is 42.7 Å². The van der Waals surface area contributed by atoms with Gasteiger partial charge >= 0.3 is 0 Å².